The summed E-state index contributed by atoms with van der Waals surface area (Å²) in [6.45, 7) is 4.56. The highest BCUT2D eigenvalue weighted by molar-refractivity contribution is 5.25. The SMILES string of the molecule is CC1(C)CCCCc2cncnc21. The van der Waals surface area contributed by atoms with Crippen molar-refractivity contribution in [3.8, 4) is 0 Å². The van der Waals surface area contributed by atoms with Gasteiger partial charge in [0.25, 0.3) is 0 Å². The van der Waals surface area contributed by atoms with Crippen LogP contribution in [0.3, 0.4) is 0 Å². The Labute approximate surface area is 79.4 Å². The largest absolute Gasteiger partial charge is 0.245 e. The molecule has 2 rings (SSSR count). The highest BCUT2D eigenvalue weighted by Crippen LogP contribution is 2.33. The van der Waals surface area contributed by atoms with Gasteiger partial charge in [0.1, 0.15) is 6.33 Å². The summed E-state index contributed by atoms with van der Waals surface area (Å²) in [4.78, 5) is 8.52. The van der Waals surface area contributed by atoms with Gasteiger partial charge in [0.15, 0.2) is 0 Å². The Balaban J connectivity index is 2.48. The summed E-state index contributed by atoms with van der Waals surface area (Å²) in [6.07, 6.45) is 8.64. The molecule has 1 aliphatic rings. The molecule has 0 aliphatic heterocycles. The standard InChI is InChI=1S/C11H16N2/c1-11(2)6-4-3-5-9-7-12-8-13-10(9)11/h7-8H,3-6H2,1-2H3. The van der Waals surface area contributed by atoms with Crippen LogP contribution in [-0.2, 0) is 11.8 Å². The van der Waals surface area contributed by atoms with Crippen LogP contribution in [0.4, 0.5) is 0 Å². The van der Waals surface area contributed by atoms with Gasteiger partial charge >= 0.3 is 0 Å². The number of nitrogens with zero attached hydrogens (tertiary/aromatic N) is 2. The topological polar surface area (TPSA) is 25.8 Å². The van der Waals surface area contributed by atoms with Crippen molar-refractivity contribution in [2.45, 2.75) is 44.9 Å². The quantitative estimate of drug-likeness (QED) is 0.567. The van der Waals surface area contributed by atoms with Crippen LogP contribution < -0.4 is 0 Å². The Morgan fingerprint density at radius 3 is 3.00 bits per heavy atom. The minimum Gasteiger partial charge on any atom is -0.245 e. The molecule has 2 heteroatoms. The van der Waals surface area contributed by atoms with Crippen LogP contribution in [0.2, 0.25) is 0 Å². The molecule has 0 atom stereocenters. The van der Waals surface area contributed by atoms with Gasteiger partial charge < -0.3 is 0 Å². The van der Waals surface area contributed by atoms with Gasteiger partial charge in [0.2, 0.25) is 0 Å². The Morgan fingerprint density at radius 2 is 2.15 bits per heavy atom. The Bertz CT molecular complexity index is 305. The number of rotatable bonds is 0. The van der Waals surface area contributed by atoms with Crippen LogP contribution in [0, 0.1) is 0 Å². The predicted octanol–water partition coefficient (Wildman–Crippen LogP) is 2.48. The molecule has 2 nitrogen and oxygen atoms in total. The lowest BCUT2D eigenvalue weighted by Crippen LogP contribution is -2.19. The lowest BCUT2D eigenvalue weighted by molar-refractivity contribution is 0.456. The number of hydrogen-bond acceptors (Lipinski definition) is 2. The molecule has 1 aromatic rings. The molecule has 1 heterocycles. The second-order valence-electron chi connectivity index (χ2n) is 4.49. The first-order valence-corrected chi connectivity index (χ1v) is 4.99. The summed E-state index contributed by atoms with van der Waals surface area (Å²) in [6, 6.07) is 0. The molecule has 70 valence electrons. The molecule has 1 aromatic heterocycles. The Hall–Kier alpha value is -0.920. The highest BCUT2D eigenvalue weighted by atomic mass is 14.8. The summed E-state index contributed by atoms with van der Waals surface area (Å²) in [7, 11) is 0. The lowest BCUT2D eigenvalue weighted by Gasteiger charge is -2.23. The summed E-state index contributed by atoms with van der Waals surface area (Å²) in [5.74, 6) is 0. The van der Waals surface area contributed by atoms with E-state index >= 15 is 0 Å². The summed E-state index contributed by atoms with van der Waals surface area (Å²) in [5.41, 5.74) is 2.86. The zero-order valence-electron chi connectivity index (χ0n) is 8.38. The first kappa shape index (κ1) is 8.67. The fourth-order valence-electron chi connectivity index (χ4n) is 2.15. The van der Waals surface area contributed by atoms with Gasteiger partial charge in [-0.1, -0.05) is 20.3 Å². The van der Waals surface area contributed by atoms with Gasteiger partial charge in [0.05, 0.1) is 5.69 Å². The number of aryl methyl sites for hydroxylation is 1. The molecule has 0 unspecified atom stereocenters. The summed E-state index contributed by atoms with van der Waals surface area (Å²) >= 11 is 0. The summed E-state index contributed by atoms with van der Waals surface area (Å²) in [5, 5.41) is 0. The molecule has 0 fully saturated rings. The van der Waals surface area contributed by atoms with Crippen LogP contribution in [0.15, 0.2) is 12.5 Å². The molecule has 0 spiro atoms. The Morgan fingerprint density at radius 1 is 1.31 bits per heavy atom. The highest BCUT2D eigenvalue weighted by Gasteiger charge is 2.26. The van der Waals surface area contributed by atoms with Gasteiger partial charge in [-0.2, -0.15) is 0 Å². The van der Waals surface area contributed by atoms with Crippen molar-refractivity contribution in [2.75, 3.05) is 0 Å². The molecule has 0 amide bonds. The average molecular weight is 176 g/mol. The monoisotopic (exact) mass is 176 g/mol. The second kappa shape index (κ2) is 3.09. The molecule has 0 aromatic carbocycles. The van der Waals surface area contributed by atoms with Crippen molar-refractivity contribution in [1.82, 2.24) is 9.97 Å². The zero-order chi connectivity index (χ0) is 9.31. The average Bonchev–Trinajstić information content (AvgIpc) is 2.26. The first-order valence-electron chi connectivity index (χ1n) is 4.99. The molecule has 0 N–H and O–H groups in total. The van der Waals surface area contributed by atoms with E-state index in [1.807, 2.05) is 6.20 Å². The molecule has 13 heavy (non-hydrogen) atoms. The van der Waals surface area contributed by atoms with E-state index in [0.717, 1.165) is 6.42 Å². The minimum atomic E-state index is 0.245. The molecule has 0 bridgehead atoms. The summed E-state index contributed by atoms with van der Waals surface area (Å²) < 4.78 is 0. The normalized spacial score (nSPS) is 20.5. The van der Waals surface area contributed by atoms with Crippen molar-refractivity contribution in [3.05, 3.63) is 23.8 Å². The van der Waals surface area contributed by atoms with Crippen LogP contribution in [0.5, 0.6) is 0 Å². The number of aromatic nitrogens is 2. The van der Waals surface area contributed by atoms with E-state index < -0.39 is 0 Å². The van der Waals surface area contributed by atoms with E-state index in [1.165, 1.54) is 30.5 Å². The zero-order valence-corrected chi connectivity index (χ0v) is 8.38. The maximum atomic E-state index is 4.42. The van der Waals surface area contributed by atoms with Crippen molar-refractivity contribution >= 4 is 0 Å². The maximum absolute atomic E-state index is 4.42. The third-order valence-corrected chi connectivity index (χ3v) is 2.93. The number of fused-ring (bicyclic) bond motifs is 1. The molecule has 0 saturated heterocycles. The van der Waals surface area contributed by atoms with Gasteiger partial charge in [0, 0.05) is 11.6 Å². The predicted molar refractivity (Wildman–Crippen MR) is 52.6 cm³/mol. The van der Waals surface area contributed by atoms with Gasteiger partial charge in [-0.05, 0) is 24.8 Å². The second-order valence-corrected chi connectivity index (χ2v) is 4.49. The van der Waals surface area contributed by atoms with E-state index in [9.17, 15) is 0 Å². The fourth-order valence-corrected chi connectivity index (χ4v) is 2.15. The van der Waals surface area contributed by atoms with E-state index in [-0.39, 0.29) is 5.41 Å². The molecular weight excluding hydrogens is 160 g/mol. The van der Waals surface area contributed by atoms with Crippen molar-refractivity contribution in [3.63, 3.8) is 0 Å². The van der Waals surface area contributed by atoms with E-state index in [1.54, 1.807) is 6.33 Å². The molecule has 0 radical (unpaired) electrons. The molecular formula is C11H16N2. The maximum Gasteiger partial charge on any atom is 0.115 e. The minimum absolute atomic E-state index is 0.245. The van der Waals surface area contributed by atoms with Gasteiger partial charge in [-0.25, -0.2) is 9.97 Å². The first-order chi connectivity index (χ1) is 6.20. The van der Waals surface area contributed by atoms with Gasteiger partial charge in [-0.15, -0.1) is 0 Å². The Kier molecular flexibility index (Phi) is 2.06. The smallest absolute Gasteiger partial charge is 0.115 e. The van der Waals surface area contributed by atoms with Gasteiger partial charge in [-0.3, -0.25) is 0 Å². The van der Waals surface area contributed by atoms with E-state index in [0.29, 0.717) is 0 Å². The van der Waals surface area contributed by atoms with Crippen molar-refractivity contribution in [2.24, 2.45) is 0 Å². The van der Waals surface area contributed by atoms with E-state index in [4.69, 9.17) is 0 Å². The van der Waals surface area contributed by atoms with Crippen molar-refractivity contribution < 1.29 is 0 Å². The number of hydrogen-bond donors (Lipinski definition) is 0. The third kappa shape index (κ3) is 1.58. The third-order valence-electron chi connectivity index (χ3n) is 2.93. The fraction of sp³-hybridized carbons (Fsp3) is 0.636. The van der Waals surface area contributed by atoms with E-state index in [2.05, 4.69) is 23.8 Å². The van der Waals surface area contributed by atoms with Crippen molar-refractivity contribution in [1.29, 1.82) is 0 Å². The van der Waals surface area contributed by atoms with Crippen LogP contribution >= 0.6 is 0 Å². The van der Waals surface area contributed by atoms with Crippen LogP contribution in [0.1, 0.15) is 44.4 Å². The molecule has 0 saturated carbocycles. The lowest BCUT2D eigenvalue weighted by atomic mass is 9.84. The molecule has 1 aliphatic carbocycles. The van der Waals surface area contributed by atoms with Crippen LogP contribution in [0.25, 0.3) is 0 Å². The van der Waals surface area contributed by atoms with Crippen LogP contribution in [-0.4, -0.2) is 9.97 Å².